The average molecular weight is 299 g/mol. The van der Waals surface area contributed by atoms with Gasteiger partial charge >= 0.3 is 0 Å². The van der Waals surface area contributed by atoms with Crippen LogP contribution in [-0.4, -0.2) is 40.3 Å². The highest BCUT2D eigenvalue weighted by atomic mass is 32.2. The van der Waals surface area contributed by atoms with Gasteiger partial charge < -0.3 is 10.2 Å². The second-order valence-electron chi connectivity index (χ2n) is 4.49. The standard InChI is InChI=1S/C14H25N3O2S/c1-4-15-11-12-20(18,19)16-13-7-9-14(10-8-13)17(5-2)6-3/h7-10,15-16H,4-6,11-12H2,1-3H3. The van der Waals surface area contributed by atoms with E-state index in [4.69, 9.17) is 0 Å². The molecule has 0 unspecified atom stereocenters. The van der Waals surface area contributed by atoms with Crippen molar-refractivity contribution in [2.24, 2.45) is 0 Å². The molecule has 0 bridgehead atoms. The number of rotatable bonds is 9. The minimum atomic E-state index is -3.28. The summed E-state index contributed by atoms with van der Waals surface area (Å²) in [4.78, 5) is 2.21. The van der Waals surface area contributed by atoms with Crippen LogP contribution in [0.2, 0.25) is 0 Å². The molecule has 0 aromatic heterocycles. The van der Waals surface area contributed by atoms with E-state index >= 15 is 0 Å². The molecule has 0 heterocycles. The third kappa shape index (κ3) is 5.38. The normalized spacial score (nSPS) is 11.3. The van der Waals surface area contributed by atoms with Crippen LogP contribution < -0.4 is 14.9 Å². The number of hydrogen-bond donors (Lipinski definition) is 2. The molecule has 0 atom stereocenters. The van der Waals surface area contributed by atoms with E-state index in [0.717, 1.165) is 25.3 Å². The molecule has 2 N–H and O–H groups in total. The molecular formula is C14H25N3O2S. The Morgan fingerprint density at radius 1 is 1.05 bits per heavy atom. The fourth-order valence-corrected chi connectivity index (χ4v) is 2.95. The molecule has 0 spiro atoms. The van der Waals surface area contributed by atoms with Gasteiger partial charge in [-0.2, -0.15) is 0 Å². The van der Waals surface area contributed by atoms with E-state index in [2.05, 4.69) is 28.8 Å². The summed E-state index contributed by atoms with van der Waals surface area (Å²) in [5.74, 6) is 0.0820. The van der Waals surface area contributed by atoms with Crippen molar-refractivity contribution in [3.05, 3.63) is 24.3 Å². The van der Waals surface area contributed by atoms with Gasteiger partial charge in [-0.05, 0) is 44.7 Å². The van der Waals surface area contributed by atoms with Crippen molar-refractivity contribution in [2.75, 3.05) is 41.6 Å². The molecule has 0 amide bonds. The van der Waals surface area contributed by atoms with Crippen molar-refractivity contribution in [3.63, 3.8) is 0 Å². The number of nitrogens with zero attached hydrogens (tertiary/aromatic N) is 1. The van der Waals surface area contributed by atoms with Gasteiger partial charge in [-0.25, -0.2) is 8.42 Å². The van der Waals surface area contributed by atoms with E-state index in [1.807, 2.05) is 19.1 Å². The Balaban J connectivity index is 2.65. The molecule has 20 heavy (non-hydrogen) atoms. The number of benzene rings is 1. The number of nitrogens with one attached hydrogen (secondary N) is 2. The van der Waals surface area contributed by atoms with Crippen molar-refractivity contribution < 1.29 is 8.42 Å². The Hall–Kier alpha value is -1.27. The summed E-state index contributed by atoms with van der Waals surface area (Å²) in [6.45, 7) is 9.25. The third-order valence-electron chi connectivity index (χ3n) is 3.07. The van der Waals surface area contributed by atoms with Crippen LogP contribution >= 0.6 is 0 Å². The predicted octanol–water partition coefficient (Wildman–Crippen LogP) is 1.88. The van der Waals surface area contributed by atoms with E-state index in [1.54, 1.807) is 12.1 Å². The summed E-state index contributed by atoms with van der Waals surface area (Å²) in [7, 11) is -3.28. The molecule has 0 aliphatic rings. The lowest BCUT2D eigenvalue weighted by molar-refractivity contribution is 0.597. The van der Waals surface area contributed by atoms with Crippen molar-refractivity contribution in [1.29, 1.82) is 0 Å². The topological polar surface area (TPSA) is 61.4 Å². The average Bonchev–Trinajstić information content (AvgIpc) is 2.42. The van der Waals surface area contributed by atoms with Gasteiger partial charge in [0.1, 0.15) is 0 Å². The number of hydrogen-bond acceptors (Lipinski definition) is 4. The maximum atomic E-state index is 11.8. The molecule has 0 saturated heterocycles. The molecule has 114 valence electrons. The summed E-state index contributed by atoms with van der Waals surface area (Å²) in [6, 6.07) is 7.49. The Labute approximate surface area is 122 Å². The first-order chi connectivity index (χ1) is 9.52. The van der Waals surface area contributed by atoms with Crippen LogP contribution in [0, 0.1) is 0 Å². The van der Waals surface area contributed by atoms with Crippen LogP contribution in [0.4, 0.5) is 11.4 Å². The first kappa shape index (κ1) is 16.8. The summed E-state index contributed by atoms with van der Waals surface area (Å²) in [6.07, 6.45) is 0. The van der Waals surface area contributed by atoms with Gasteiger partial charge in [-0.3, -0.25) is 4.72 Å². The molecule has 1 rings (SSSR count). The highest BCUT2D eigenvalue weighted by molar-refractivity contribution is 7.92. The summed E-state index contributed by atoms with van der Waals surface area (Å²) in [5.41, 5.74) is 1.71. The van der Waals surface area contributed by atoms with Gasteiger partial charge in [0.05, 0.1) is 5.75 Å². The molecule has 1 aromatic rings. The SMILES string of the molecule is CCNCCS(=O)(=O)Nc1ccc(N(CC)CC)cc1. The number of sulfonamides is 1. The predicted molar refractivity (Wildman–Crippen MR) is 86.0 cm³/mol. The van der Waals surface area contributed by atoms with Gasteiger partial charge in [-0.1, -0.05) is 6.92 Å². The Kier molecular flexibility index (Phi) is 6.81. The van der Waals surface area contributed by atoms with Crippen LogP contribution in [0.3, 0.4) is 0 Å². The summed E-state index contributed by atoms with van der Waals surface area (Å²) in [5, 5.41) is 3.00. The Morgan fingerprint density at radius 2 is 1.65 bits per heavy atom. The van der Waals surface area contributed by atoms with Crippen molar-refractivity contribution in [3.8, 4) is 0 Å². The monoisotopic (exact) mass is 299 g/mol. The highest BCUT2D eigenvalue weighted by Crippen LogP contribution is 2.18. The Morgan fingerprint density at radius 3 is 2.15 bits per heavy atom. The Bertz CT molecular complexity index is 482. The molecule has 1 aromatic carbocycles. The summed E-state index contributed by atoms with van der Waals surface area (Å²) >= 11 is 0. The smallest absolute Gasteiger partial charge is 0.233 e. The fraction of sp³-hybridized carbons (Fsp3) is 0.571. The zero-order valence-corrected chi connectivity index (χ0v) is 13.3. The lowest BCUT2D eigenvalue weighted by atomic mass is 10.2. The minimum Gasteiger partial charge on any atom is -0.372 e. The van der Waals surface area contributed by atoms with Crippen LogP contribution in [0.5, 0.6) is 0 Å². The molecule has 0 saturated carbocycles. The van der Waals surface area contributed by atoms with Crippen LogP contribution in [0.1, 0.15) is 20.8 Å². The third-order valence-corrected chi connectivity index (χ3v) is 4.36. The van der Waals surface area contributed by atoms with Gasteiger partial charge in [0, 0.05) is 31.0 Å². The minimum absolute atomic E-state index is 0.0820. The number of anilines is 2. The molecular weight excluding hydrogens is 274 g/mol. The quantitative estimate of drug-likeness (QED) is 0.684. The van der Waals surface area contributed by atoms with Crippen molar-refractivity contribution >= 4 is 21.4 Å². The van der Waals surface area contributed by atoms with Crippen LogP contribution in [0.25, 0.3) is 0 Å². The second-order valence-corrected chi connectivity index (χ2v) is 6.34. The zero-order valence-electron chi connectivity index (χ0n) is 12.5. The maximum Gasteiger partial charge on any atom is 0.233 e. The molecule has 6 heteroatoms. The van der Waals surface area contributed by atoms with Crippen LogP contribution in [0.15, 0.2) is 24.3 Å². The van der Waals surface area contributed by atoms with E-state index in [0.29, 0.717) is 12.2 Å². The molecule has 0 aliphatic heterocycles. The van der Waals surface area contributed by atoms with Gasteiger partial charge in [0.25, 0.3) is 0 Å². The summed E-state index contributed by atoms with van der Waals surface area (Å²) < 4.78 is 26.3. The largest absolute Gasteiger partial charge is 0.372 e. The van der Waals surface area contributed by atoms with E-state index in [-0.39, 0.29) is 5.75 Å². The van der Waals surface area contributed by atoms with E-state index in [1.165, 1.54) is 0 Å². The lowest BCUT2D eigenvalue weighted by Crippen LogP contribution is -2.26. The van der Waals surface area contributed by atoms with Crippen molar-refractivity contribution in [1.82, 2.24) is 5.32 Å². The van der Waals surface area contributed by atoms with Crippen molar-refractivity contribution in [2.45, 2.75) is 20.8 Å². The molecule has 5 nitrogen and oxygen atoms in total. The second kappa shape index (κ2) is 8.11. The van der Waals surface area contributed by atoms with Gasteiger partial charge in [-0.15, -0.1) is 0 Å². The van der Waals surface area contributed by atoms with Gasteiger partial charge in [0.2, 0.25) is 10.0 Å². The van der Waals surface area contributed by atoms with Gasteiger partial charge in [0.15, 0.2) is 0 Å². The highest BCUT2D eigenvalue weighted by Gasteiger charge is 2.10. The zero-order chi connectivity index (χ0) is 15.0. The van der Waals surface area contributed by atoms with Crippen LogP contribution in [-0.2, 0) is 10.0 Å². The fourth-order valence-electron chi connectivity index (χ4n) is 1.94. The first-order valence-corrected chi connectivity index (χ1v) is 8.73. The maximum absolute atomic E-state index is 11.8. The molecule has 0 aliphatic carbocycles. The van der Waals surface area contributed by atoms with E-state index in [9.17, 15) is 8.42 Å². The first-order valence-electron chi connectivity index (χ1n) is 7.08. The molecule has 0 fully saturated rings. The lowest BCUT2D eigenvalue weighted by Gasteiger charge is -2.21. The molecule has 0 radical (unpaired) electrons. The van der Waals surface area contributed by atoms with E-state index < -0.39 is 10.0 Å².